The first kappa shape index (κ1) is 12.8. The Morgan fingerprint density at radius 1 is 1.50 bits per heavy atom. The van der Waals surface area contributed by atoms with Crippen molar-refractivity contribution in [1.29, 1.82) is 0 Å². The fourth-order valence-electron chi connectivity index (χ4n) is 2.45. The number of nitrogens with one attached hydrogen (secondary N) is 1. The smallest absolute Gasteiger partial charge is 0.326 e. The van der Waals surface area contributed by atoms with Crippen LogP contribution in [-0.2, 0) is 19.1 Å². The molecule has 3 atom stereocenters. The Balaban J connectivity index is 2.08. The maximum atomic E-state index is 12.2. The molecule has 0 spiro atoms. The van der Waals surface area contributed by atoms with E-state index in [1.54, 1.807) is 0 Å². The number of hydrogen-bond donors (Lipinski definition) is 2. The molecule has 0 aliphatic carbocycles. The molecule has 0 aromatic heterocycles. The molecule has 0 radical (unpaired) electrons. The molecule has 0 aromatic carbocycles. The molecular weight excluding hydrogens is 240 g/mol. The summed E-state index contributed by atoms with van der Waals surface area (Å²) in [4.78, 5) is 35.7. The van der Waals surface area contributed by atoms with Crippen molar-refractivity contribution in [2.24, 2.45) is 0 Å². The zero-order valence-corrected chi connectivity index (χ0v) is 10.1. The van der Waals surface area contributed by atoms with Gasteiger partial charge in [0.1, 0.15) is 12.1 Å². The normalized spacial score (nSPS) is 31.5. The third-order valence-electron chi connectivity index (χ3n) is 3.46. The minimum atomic E-state index is -1.03. The quantitative estimate of drug-likeness (QED) is 0.673. The van der Waals surface area contributed by atoms with E-state index >= 15 is 0 Å². The Kier molecular flexibility index (Phi) is 3.51. The second-order valence-corrected chi connectivity index (χ2v) is 4.60. The van der Waals surface area contributed by atoms with E-state index in [9.17, 15) is 14.4 Å². The number of carbonyl (C=O) groups is 3. The van der Waals surface area contributed by atoms with Gasteiger partial charge in [0, 0.05) is 26.5 Å². The van der Waals surface area contributed by atoms with Gasteiger partial charge in [0.15, 0.2) is 0 Å². The third-order valence-corrected chi connectivity index (χ3v) is 3.46. The number of methoxy groups -OCH3 is 1. The molecule has 18 heavy (non-hydrogen) atoms. The first-order valence-corrected chi connectivity index (χ1v) is 5.88. The second kappa shape index (κ2) is 4.93. The molecule has 2 aliphatic heterocycles. The molecule has 2 N–H and O–H groups in total. The SMILES string of the molecule is COC1CC(C(=O)O)N(C(=O)C2CCC(=O)N2)C1. The van der Waals surface area contributed by atoms with Crippen molar-refractivity contribution in [2.75, 3.05) is 13.7 Å². The molecule has 0 saturated carbocycles. The van der Waals surface area contributed by atoms with E-state index in [1.165, 1.54) is 12.0 Å². The molecule has 100 valence electrons. The lowest BCUT2D eigenvalue weighted by molar-refractivity contribution is -0.149. The molecule has 2 fully saturated rings. The van der Waals surface area contributed by atoms with Crippen molar-refractivity contribution in [2.45, 2.75) is 37.5 Å². The molecule has 2 saturated heterocycles. The van der Waals surface area contributed by atoms with Crippen LogP contribution in [0.25, 0.3) is 0 Å². The van der Waals surface area contributed by atoms with Crippen molar-refractivity contribution in [3.05, 3.63) is 0 Å². The highest BCUT2D eigenvalue weighted by atomic mass is 16.5. The average Bonchev–Trinajstić information content (AvgIpc) is 2.93. The molecule has 2 heterocycles. The Labute approximate surface area is 104 Å². The van der Waals surface area contributed by atoms with Gasteiger partial charge in [0.05, 0.1) is 6.10 Å². The monoisotopic (exact) mass is 256 g/mol. The molecule has 7 nitrogen and oxygen atoms in total. The van der Waals surface area contributed by atoms with E-state index in [0.29, 0.717) is 12.8 Å². The number of carboxylic acids is 1. The number of amides is 2. The molecule has 2 rings (SSSR count). The summed E-state index contributed by atoms with van der Waals surface area (Å²) in [5.41, 5.74) is 0. The maximum Gasteiger partial charge on any atom is 0.326 e. The van der Waals surface area contributed by atoms with Gasteiger partial charge in [-0.05, 0) is 6.42 Å². The number of hydrogen-bond acceptors (Lipinski definition) is 4. The average molecular weight is 256 g/mol. The Hall–Kier alpha value is -1.63. The maximum absolute atomic E-state index is 12.2. The molecule has 3 unspecified atom stereocenters. The summed E-state index contributed by atoms with van der Waals surface area (Å²) in [6, 6.07) is -1.45. The first-order chi connectivity index (χ1) is 8.52. The van der Waals surface area contributed by atoms with Gasteiger partial charge in [-0.1, -0.05) is 0 Å². The summed E-state index contributed by atoms with van der Waals surface area (Å²) in [6.07, 6.45) is 0.777. The van der Waals surface area contributed by atoms with E-state index in [1.807, 2.05) is 0 Å². The van der Waals surface area contributed by atoms with Crippen molar-refractivity contribution >= 4 is 17.8 Å². The van der Waals surface area contributed by atoms with E-state index < -0.39 is 18.1 Å². The molecule has 2 aliphatic rings. The van der Waals surface area contributed by atoms with Gasteiger partial charge in [-0.15, -0.1) is 0 Å². The van der Waals surface area contributed by atoms with Gasteiger partial charge >= 0.3 is 5.97 Å². The van der Waals surface area contributed by atoms with Gasteiger partial charge < -0.3 is 20.1 Å². The van der Waals surface area contributed by atoms with Crippen molar-refractivity contribution < 1.29 is 24.2 Å². The number of likely N-dealkylation sites (tertiary alicyclic amines) is 1. The van der Waals surface area contributed by atoms with Crippen LogP contribution in [0.4, 0.5) is 0 Å². The number of ether oxygens (including phenoxy) is 1. The van der Waals surface area contributed by atoms with E-state index in [0.717, 1.165) is 0 Å². The van der Waals surface area contributed by atoms with Crippen molar-refractivity contribution in [3.8, 4) is 0 Å². The minimum absolute atomic E-state index is 0.164. The summed E-state index contributed by atoms with van der Waals surface area (Å²) in [5.74, 6) is -1.53. The van der Waals surface area contributed by atoms with Crippen LogP contribution in [0.1, 0.15) is 19.3 Å². The van der Waals surface area contributed by atoms with Gasteiger partial charge in [0.2, 0.25) is 11.8 Å². The highest BCUT2D eigenvalue weighted by Crippen LogP contribution is 2.23. The summed E-state index contributed by atoms with van der Waals surface area (Å²) in [6.45, 7) is 0.263. The minimum Gasteiger partial charge on any atom is -0.480 e. The molecule has 7 heteroatoms. The van der Waals surface area contributed by atoms with Gasteiger partial charge in [-0.2, -0.15) is 0 Å². The van der Waals surface area contributed by atoms with E-state index in [-0.39, 0.29) is 30.9 Å². The number of carboxylic acid groups (broad SMARTS) is 1. The Morgan fingerprint density at radius 2 is 2.22 bits per heavy atom. The van der Waals surface area contributed by atoms with Gasteiger partial charge in [-0.3, -0.25) is 9.59 Å². The fraction of sp³-hybridized carbons (Fsp3) is 0.727. The van der Waals surface area contributed by atoms with Crippen molar-refractivity contribution in [3.63, 3.8) is 0 Å². The predicted molar refractivity (Wildman–Crippen MR) is 59.7 cm³/mol. The highest BCUT2D eigenvalue weighted by Gasteiger charge is 2.43. The van der Waals surface area contributed by atoms with Crippen LogP contribution in [-0.4, -0.2) is 59.6 Å². The second-order valence-electron chi connectivity index (χ2n) is 4.60. The molecule has 2 amide bonds. The number of rotatable bonds is 3. The predicted octanol–water partition coefficient (Wildman–Crippen LogP) is -1.03. The zero-order valence-electron chi connectivity index (χ0n) is 10.1. The van der Waals surface area contributed by atoms with Crippen LogP contribution in [0.15, 0.2) is 0 Å². The van der Waals surface area contributed by atoms with Crippen LogP contribution in [0.2, 0.25) is 0 Å². The number of nitrogens with zero attached hydrogens (tertiary/aromatic N) is 1. The molecular formula is C11H16N2O5. The van der Waals surface area contributed by atoms with Gasteiger partial charge in [0.25, 0.3) is 0 Å². The van der Waals surface area contributed by atoms with Crippen LogP contribution in [0.5, 0.6) is 0 Å². The molecule has 0 bridgehead atoms. The number of carbonyl (C=O) groups excluding carboxylic acids is 2. The van der Waals surface area contributed by atoms with Crippen LogP contribution in [0, 0.1) is 0 Å². The highest BCUT2D eigenvalue weighted by molar-refractivity contribution is 5.93. The third kappa shape index (κ3) is 2.31. The van der Waals surface area contributed by atoms with Crippen molar-refractivity contribution in [1.82, 2.24) is 10.2 Å². The Morgan fingerprint density at radius 3 is 2.72 bits per heavy atom. The number of aliphatic carboxylic acids is 1. The topological polar surface area (TPSA) is 95.9 Å². The zero-order chi connectivity index (χ0) is 13.3. The largest absolute Gasteiger partial charge is 0.480 e. The summed E-state index contributed by atoms with van der Waals surface area (Å²) >= 11 is 0. The summed E-state index contributed by atoms with van der Waals surface area (Å²) in [5, 5.41) is 11.7. The van der Waals surface area contributed by atoms with Crippen LogP contribution < -0.4 is 5.32 Å². The standard InChI is InChI=1S/C11H16N2O5/c1-18-6-4-8(11(16)17)13(5-6)10(15)7-2-3-9(14)12-7/h6-8H,2-5H2,1H3,(H,12,14)(H,16,17). The van der Waals surface area contributed by atoms with Crippen LogP contribution in [0.3, 0.4) is 0 Å². The lowest BCUT2D eigenvalue weighted by atomic mass is 10.1. The van der Waals surface area contributed by atoms with E-state index in [2.05, 4.69) is 5.32 Å². The fourth-order valence-corrected chi connectivity index (χ4v) is 2.45. The van der Waals surface area contributed by atoms with E-state index in [4.69, 9.17) is 9.84 Å². The lowest BCUT2D eigenvalue weighted by Gasteiger charge is -2.24. The lowest BCUT2D eigenvalue weighted by Crippen LogP contribution is -2.49. The molecule has 0 aromatic rings. The van der Waals surface area contributed by atoms with Gasteiger partial charge in [-0.25, -0.2) is 4.79 Å². The first-order valence-electron chi connectivity index (χ1n) is 5.88. The summed E-state index contributed by atoms with van der Waals surface area (Å²) in [7, 11) is 1.49. The Bertz CT molecular complexity index is 384. The summed E-state index contributed by atoms with van der Waals surface area (Å²) < 4.78 is 5.11. The van der Waals surface area contributed by atoms with Crippen LogP contribution >= 0.6 is 0 Å².